The van der Waals surface area contributed by atoms with Crippen LogP contribution in [0.1, 0.15) is 31.9 Å². The summed E-state index contributed by atoms with van der Waals surface area (Å²) >= 11 is 0. The van der Waals surface area contributed by atoms with Crippen molar-refractivity contribution in [3.63, 3.8) is 0 Å². The summed E-state index contributed by atoms with van der Waals surface area (Å²) in [7, 11) is 0. The molecule has 1 atom stereocenters. The Labute approximate surface area is 97.0 Å². The number of rotatable bonds is 3. The highest BCUT2D eigenvalue weighted by atomic mass is 19.1. The summed E-state index contributed by atoms with van der Waals surface area (Å²) < 4.78 is 13.1. The van der Waals surface area contributed by atoms with Gasteiger partial charge >= 0.3 is 0 Å². The van der Waals surface area contributed by atoms with E-state index in [0.29, 0.717) is 0 Å². The second kappa shape index (κ2) is 4.93. The molecule has 0 amide bonds. The predicted octanol–water partition coefficient (Wildman–Crippen LogP) is 2.55. The van der Waals surface area contributed by atoms with E-state index in [1.165, 1.54) is 6.07 Å². The second-order valence-electron chi connectivity index (χ2n) is 5.36. The molecule has 3 heteroatoms. The molecule has 0 bridgehead atoms. The van der Waals surface area contributed by atoms with Crippen LogP contribution in [-0.2, 0) is 6.42 Å². The van der Waals surface area contributed by atoms with Gasteiger partial charge in [0.15, 0.2) is 0 Å². The summed E-state index contributed by atoms with van der Waals surface area (Å²) in [6.07, 6.45) is 0.740. The Morgan fingerprint density at radius 2 is 2.00 bits per heavy atom. The first-order valence-corrected chi connectivity index (χ1v) is 5.55. The fourth-order valence-corrected chi connectivity index (χ4v) is 1.69. The average Bonchev–Trinajstić information content (AvgIpc) is 2.17. The molecule has 0 aromatic heterocycles. The third-order valence-corrected chi connectivity index (χ3v) is 2.98. The van der Waals surface area contributed by atoms with Crippen molar-refractivity contribution in [3.05, 3.63) is 35.1 Å². The number of hydrazine groups is 1. The van der Waals surface area contributed by atoms with Gasteiger partial charge in [-0.1, -0.05) is 26.8 Å². The lowest BCUT2D eigenvalue weighted by Crippen LogP contribution is -2.45. The lowest BCUT2D eigenvalue weighted by molar-refractivity contribution is 0.268. The van der Waals surface area contributed by atoms with Crippen molar-refractivity contribution in [3.8, 4) is 0 Å². The van der Waals surface area contributed by atoms with E-state index in [1.807, 2.05) is 6.92 Å². The Bertz CT molecular complexity index is 355. The molecule has 1 aromatic carbocycles. The average molecular weight is 224 g/mol. The largest absolute Gasteiger partial charge is 0.271 e. The van der Waals surface area contributed by atoms with Crippen LogP contribution in [0.2, 0.25) is 0 Å². The summed E-state index contributed by atoms with van der Waals surface area (Å²) in [5.41, 5.74) is 4.98. The lowest BCUT2D eigenvalue weighted by Gasteiger charge is -2.30. The Balaban J connectivity index is 2.90. The number of hydrogen-bond donors (Lipinski definition) is 2. The van der Waals surface area contributed by atoms with Crippen molar-refractivity contribution in [2.24, 2.45) is 11.3 Å². The molecular weight excluding hydrogens is 203 g/mol. The molecule has 0 heterocycles. The fraction of sp³-hybridized carbons (Fsp3) is 0.538. The topological polar surface area (TPSA) is 38.0 Å². The summed E-state index contributed by atoms with van der Waals surface area (Å²) in [6.45, 7) is 8.34. The van der Waals surface area contributed by atoms with Gasteiger partial charge in [-0.05, 0) is 42.0 Å². The Morgan fingerprint density at radius 3 is 2.50 bits per heavy atom. The maximum Gasteiger partial charge on any atom is 0.123 e. The van der Waals surface area contributed by atoms with E-state index in [9.17, 15) is 4.39 Å². The van der Waals surface area contributed by atoms with E-state index in [1.54, 1.807) is 12.1 Å². The van der Waals surface area contributed by atoms with Crippen LogP contribution in [0.3, 0.4) is 0 Å². The molecule has 1 aromatic rings. The van der Waals surface area contributed by atoms with Crippen molar-refractivity contribution in [2.45, 2.75) is 40.2 Å². The maximum atomic E-state index is 13.1. The third kappa shape index (κ3) is 3.29. The van der Waals surface area contributed by atoms with Gasteiger partial charge in [0.1, 0.15) is 5.82 Å². The third-order valence-electron chi connectivity index (χ3n) is 2.98. The number of halogens is 1. The van der Waals surface area contributed by atoms with Crippen molar-refractivity contribution >= 4 is 0 Å². The SMILES string of the molecule is Cc1ccc(F)cc1CC(NN)C(C)(C)C. The minimum absolute atomic E-state index is 0.0491. The zero-order chi connectivity index (χ0) is 12.3. The first-order valence-electron chi connectivity index (χ1n) is 5.55. The number of nitrogens with two attached hydrogens (primary N) is 1. The molecule has 0 aliphatic heterocycles. The van der Waals surface area contributed by atoms with Gasteiger partial charge in [-0.2, -0.15) is 0 Å². The van der Waals surface area contributed by atoms with Crippen molar-refractivity contribution in [2.75, 3.05) is 0 Å². The molecule has 0 radical (unpaired) electrons. The summed E-state index contributed by atoms with van der Waals surface area (Å²) in [5, 5.41) is 0. The summed E-state index contributed by atoms with van der Waals surface area (Å²) in [5.74, 6) is 5.36. The molecule has 0 fully saturated rings. The van der Waals surface area contributed by atoms with Crippen molar-refractivity contribution < 1.29 is 4.39 Å². The zero-order valence-corrected chi connectivity index (χ0v) is 10.5. The van der Waals surface area contributed by atoms with Gasteiger partial charge < -0.3 is 0 Å². The van der Waals surface area contributed by atoms with E-state index in [4.69, 9.17) is 5.84 Å². The van der Waals surface area contributed by atoms with Gasteiger partial charge in [-0.3, -0.25) is 11.3 Å². The van der Waals surface area contributed by atoms with Gasteiger partial charge in [0.25, 0.3) is 0 Å². The van der Waals surface area contributed by atoms with Crippen LogP contribution in [-0.4, -0.2) is 6.04 Å². The van der Waals surface area contributed by atoms with E-state index in [2.05, 4.69) is 26.2 Å². The molecule has 2 nitrogen and oxygen atoms in total. The van der Waals surface area contributed by atoms with Gasteiger partial charge in [0, 0.05) is 6.04 Å². The Hall–Kier alpha value is -0.930. The molecule has 90 valence electrons. The van der Waals surface area contributed by atoms with Gasteiger partial charge in [-0.15, -0.1) is 0 Å². The van der Waals surface area contributed by atoms with Crippen LogP contribution in [0.5, 0.6) is 0 Å². The predicted molar refractivity (Wildman–Crippen MR) is 65.4 cm³/mol. The van der Waals surface area contributed by atoms with Crippen LogP contribution in [0.4, 0.5) is 4.39 Å². The van der Waals surface area contributed by atoms with E-state index in [-0.39, 0.29) is 17.3 Å². The second-order valence-corrected chi connectivity index (χ2v) is 5.36. The standard InChI is InChI=1S/C13H21FN2/c1-9-5-6-11(14)7-10(9)8-12(16-15)13(2,3)4/h5-7,12,16H,8,15H2,1-4H3. The molecule has 0 aliphatic carbocycles. The number of hydrogen-bond acceptors (Lipinski definition) is 2. The minimum atomic E-state index is -0.190. The normalized spacial score (nSPS) is 13.9. The van der Waals surface area contributed by atoms with Crippen molar-refractivity contribution in [1.29, 1.82) is 0 Å². The molecular formula is C13H21FN2. The molecule has 0 saturated carbocycles. The van der Waals surface area contributed by atoms with Crippen LogP contribution >= 0.6 is 0 Å². The molecule has 0 aliphatic rings. The van der Waals surface area contributed by atoms with Crippen molar-refractivity contribution in [1.82, 2.24) is 5.43 Å². The highest BCUT2D eigenvalue weighted by Gasteiger charge is 2.24. The Kier molecular flexibility index (Phi) is 4.05. The van der Waals surface area contributed by atoms with Gasteiger partial charge in [-0.25, -0.2) is 4.39 Å². The first-order chi connectivity index (χ1) is 7.34. The molecule has 0 spiro atoms. The monoisotopic (exact) mass is 224 g/mol. The summed E-state index contributed by atoms with van der Waals surface area (Å²) in [4.78, 5) is 0. The molecule has 1 unspecified atom stereocenters. The molecule has 1 rings (SSSR count). The van der Waals surface area contributed by atoms with Crippen LogP contribution in [0.25, 0.3) is 0 Å². The molecule has 16 heavy (non-hydrogen) atoms. The highest BCUT2D eigenvalue weighted by Crippen LogP contribution is 2.23. The highest BCUT2D eigenvalue weighted by molar-refractivity contribution is 5.27. The fourth-order valence-electron chi connectivity index (χ4n) is 1.69. The number of aryl methyl sites for hydroxylation is 1. The molecule has 0 saturated heterocycles. The van der Waals surface area contributed by atoms with E-state index < -0.39 is 0 Å². The lowest BCUT2D eigenvalue weighted by atomic mass is 9.83. The molecule has 3 N–H and O–H groups in total. The van der Waals surface area contributed by atoms with E-state index >= 15 is 0 Å². The van der Waals surface area contributed by atoms with Crippen LogP contribution in [0.15, 0.2) is 18.2 Å². The van der Waals surface area contributed by atoms with Crippen LogP contribution in [0, 0.1) is 18.2 Å². The first kappa shape index (κ1) is 13.1. The number of nitrogens with one attached hydrogen (secondary N) is 1. The zero-order valence-electron chi connectivity index (χ0n) is 10.5. The number of benzene rings is 1. The quantitative estimate of drug-likeness (QED) is 0.611. The minimum Gasteiger partial charge on any atom is -0.271 e. The smallest absolute Gasteiger partial charge is 0.123 e. The Morgan fingerprint density at radius 1 is 1.38 bits per heavy atom. The van der Waals surface area contributed by atoms with E-state index in [0.717, 1.165) is 17.5 Å². The van der Waals surface area contributed by atoms with Gasteiger partial charge in [0.05, 0.1) is 0 Å². The van der Waals surface area contributed by atoms with Crippen LogP contribution < -0.4 is 11.3 Å². The van der Waals surface area contributed by atoms with Gasteiger partial charge in [0.2, 0.25) is 0 Å². The maximum absolute atomic E-state index is 13.1. The summed E-state index contributed by atoms with van der Waals surface area (Å²) in [6, 6.07) is 5.01.